The highest BCUT2D eigenvalue weighted by Gasteiger charge is 1.79. The summed E-state index contributed by atoms with van der Waals surface area (Å²) < 4.78 is 19.3. The van der Waals surface area contributed by atoms with Crippen molar-refractivity contribution in [3.63, 3.8) is 0 Å². The van der Waals surface area contributed by atoms with Crippen LogP contribution in [0.15, 0.2) is 0 Å². The van der Waals surface area contributed by atoms with Crippen molar-refractivity contribution in [1.82, 2.24) is 4.90 Å². The topological polar surface area (TPSA) is 54.5 Å². The Bertz CT molecular complexity index is 163. The van der Waals surface area contributed by atoms with Crippen molar-refractivity contribution in [2.45, 2.75) is 0 Å². The number of hydrogen-bond donors (Lipinski definition) is 0. The summed E-state index contributed by atoms with van der Waals surface area (Å²) in [6, 6.07) is 0. The number of amides is 1. The van der Waals surface area contributed by atoms with E-state index in [1.165, 1.54) is 4.90 Å². The average Bonchev–Trinajstić information content (AvgIpc) is 1.61. The molecule has 10 heavy (non-hydrogen) atoms. The van der Waals surface area contributed by atoms with E-state index in [9.17, 15) is 13.2 Å². The smallest absolute Gasteiger partial charge is 0.209 e. The highest BCUT2D eigenvalue weighted by atomic mass is 32.2. The van der Waals surface area contributed by atoms with E-state index >= 15 is 0 Å². The van der Waals surface area contributed by atoms with E-state index in [1.807, 2.05) is 0 Å². The minimum absolute atomic E-state index is 0.750. The summed E-state index contributed by atoms with van der Waals surface area (Å²) in [5.74, 6) is 0. The minimum atomic E-state index is -2.67. The van der Waals surface area contributed by atoms with Crippen LogP contribution < -0.4 is 0 Å². The minimum Gasteiger partial charge on any atom is -0.351 e. The molecule has 0 bridgehead atoms. The second kappa shape index (κ2) is 5.22. The summed E-state index contributed by atoms with van der Waals surface area (Å²) in [7, 11) is 0.708. The molecule has 0 aliphatic carbocycles. The molecule has 0 unspecified atom stereocenters. The molecule has 4 nitrogen and oxygen atoms in total. The Balaban J connectivity index is 0. The molecule has 0 saturated carbocycles. The van der Waals surface area contributed by atoms with Crippen LogP contribution in [0, 0.1) is 0 Å². The highest BCUT2D eigenvalue weighted by Crippen LogP contribution is 1.61. The van der Waals surface area contributed by atoms with Crippen molar-refractivity contribution in [1.29, 1.82) is 0 Å². The summed E-state index contributed by atoms with van der Waals surface area (Å²) in [6.45, 7) is 0. The molecule has 0 radical (unpaired) electrons. The quantitative estimate of drug-likeness (QED) is 0.488. The molecule has 62 valence electrons. The van der Waals surface area contributed by atoms with Gasteiger partial charge in [-0.05, 0) is 0 Å². The first kappa shape index (κ1) is 12.1. The lowest BCUT2D eigenvalue weighted by Crippen LogP contribution is -2.06. The third kappa shape index (κ3) is 152. The van der Waals surface area contributed by atoms with Crippen molar-refractivity contribution >= 4 is 16.2 Å². The molecule has 0 aromatic carbocycles. The fourth-order valence-corrected chi connectivity index (χ4v) is 0. The fourth-order valence-electron chi connectivity index (χ4n) is 0. The lowest BCUT2D eigenvalue weighted by molar-refractivity contribution is -0.115. The molecule has 5 heteroatoms. The zero-order chi connectivity index (χ0) is 8.78. The zero-order valence-electron chi connectivity index (χ0n) is 6.66. The second-order valence-electron chi connectivity index (χ2n) is 2.21. The normalized spacial score (nSPS) is 9.20. The van der Waals surface area contributed by atoms with Crippen molar-refractivity contribution in [2.75, 3.05) is 26.6 Å². The van der Waals surface area contributed by atoms with Gasteiger partial charge in [0.05, 0.1) is 0 Å². The number of sulfone groups is 1. The molecule has 0 aromatic heterocycles. The van der Waals surface area contributed by atoms with E-state index in [-0.39, 0.29) is 0 Å². The Morgan fingerprint density at radius 2 is 1.30 bits per heavy atom. The Morgan fingerprint density at radius 1 is 1.20 bits per heavy atom. The van der Waals surface area contributed by atoms with E-state index in [0.717, 1.165) is 18.9 Å². The molecular weight excluding hydrogens is 154 g/mol. The average molecular weight is 167 g/mol. The number of carbonyl (C=O) groups excluding carboxylic acids is 1. The molecule has 0 fully saturated rings. The van der Waals surface area contributed by atoms with Crippen LogP contribution in [0.1, 0.15) is 0 Å². The summed E-state index contributed by atoms with van der Waals surface area (Å²) in [4.78, 5) is 10.9. The van der Waals surface area contributed by atoms with Gasteiger partial charge in [0, 0.05) is 26.6 Å². The lowest BCUT2D eigenvalue weighted by Gasteiger charge is -1.93. The van der Waals surface area contributed by atoms with E-state index in [0.29, 0.717) is 0 Å². The maximum Gasteiger partial charge on any atom is 0.209 e. The van der Waals surface area contributed by atoms with Gasteiger partial charge < -0.3 is 4.90 Å². The van der Waals surface area contributed by atoms with E-state index < -0.39 is 9.84 Å². The summed E-state index contributed by atoms with van der Waals surface area (Å²) in [5.41, 5.74) is 0. The lowest BCUT2D eigenvalue weighted by atomic mass is 11.0. The van der Waals surface area contributed by atoms with Gasteiger partial charge in [0.2, 0.25) is 6.41 Å². The predicted octanol–water partition coefficient (Wildman–Crippen LogP) is -0.635. The van der Waals surface area contributed by atoms with Crippen molar-refractivity contribution in [3.8, 4) is 0 Å². The molecule has 1 amide bonds. The molecule has 0 spiro atoms. The molecular formula is C5H13NO3S. The Kier molecular flexibility index (Phi) is 6.34. The van der Waals surface area contributed by atoms with Crippen LogP contribution in [0.5, 0.6) is 0 Å². The van der Waals surface area contributed by atoms with Crippen molar-refractivity contribution in [3.05, 3.63) is 0 Å². The van der Waals surface area contributed by atoms with Crippen LogP contribution in [-0.2, 0) is 14.6 Å². The maximum absolute atomic E-state index is 9.63. The van der Waals surface area contributed by atoms with Crippen molar-refractivity contribution < 1.29 is 13.2 Å². The van der Waals surface area contributed by atoms with Gasteiger partial charge in [-0.2, -0.15) is 0 Å². The number of rotatable bonds is 1. The monoisotopic (exact) mass is 167 g/mol. The first-order valence-corrected chi connectivity index (χ1v) is 4.84. The van der Waals surface area contributed by atoms with Gasteiger partial charge in [-0.3, -0.25) is 4.79 Å². The largest absolute Gasteiger partial charge is 0.351 e. The summed E-state index contributed by atoms with van der Waals surface area (Å²) in [6.07, 6.45) is 3.07. The third-order valence-corrected chi connectivity index (χ3v) is 0.211. The van der Waals surface area contributed by atoms with Gasteiger partial charge in [0.15, 0.2) is 0 Å². The molecule has 0 heterocycles. The molecule has 0 N–H and O–H groups in total. The molecule has 0 aliphatic heterocycles. The Morgan fingerprint density at radius 3 is 1.30 bits per heavy atom. The summed E-state index contributed by atoms with van der Waals surface area (Å²) in [5, 5.41) is 0. The molecule has 0 rings (SSSR count). The zero-order valence-corrected chi connectivity index (χ0v) is 7.47. The first-order valence-electron chi connectivity index (χ1n) is 2.54. The van der Waals surface area contributed by atoms with Gasteiger partial charge in [0.25, 0.3) is 0 Å². The Hall–Kier alpha value is -0.580. The van der Waals surface area contributed by atoms with Crippen LogP contribution in [0.3, 0.4) is 0 Å². The Labute approximate surface area is 61.8 Å². The number of carbonyl (C=O) groups is 1. The molecule has 0 atom stereocenters. The molecule has 0 aliphatic rings. The van der Waals surface area contributed by atoms with Gasteiger partial charge >= 0.3 is 0 Å². The number of nitrogens with zero attached hydrogens (tertiary/aromatic N) is 1. The first-order chi connectivity index (χ1) is 4.27. The molecule has 0 saturated heterocycles. The summed E-state index contributed by atoms with van der Waals surface area (Å²) >= 11 is 0. The number of hydrogen-bond acceptors (Lipinski definition) is 3. The van der Waals surface area contributed by atoms with Crippen molar-refractivity contribution in [2.24, 2.45) is 0 Å². The van der Waals surface area contributed by atoms with Gasteiger partial charge in [-0.15, -0.1) is 0 Å². The fraction of sp³-hybridized carbons (Fsp3) is 0.800. The second-order valence-corrected chi connectivity index (χ2v) is 4.50. The predicted molar refractivity (Wildman–Crippen MR) is 40.5 cm³/mol. The van der Waals surface area contributed by atoms with Gasteiger partial charge in [0.1, 0.15) is 9.84 Å². The van der Waals surface area contributed by atoms with Crippen LogP contribution in [-0.4, -0.2) is 46.3 Å². The SMILES string of the molecule is CN(C)C=O.CS(C)(=O)=O. The van der Waals surface area contributed by atoms with E-state index in [2.05, 4.69) is 0 Å². The van der Waals surface area contributed by atoms with Gasteiger partial charge in [-0.25, -0.2) is 8.42 Å². The van der Waals surface area contributed by atoms with E-state index in [4.69, 9.17) is 0 Å². The maximum atomic E-state index is 9.63. The van der Waals surface area contributed by atoms with Crippen LogP contribution in [0.4, 0.5) is 0 Å². The molecule has 0 aromatic rings. The third-order valence-electron chi connectivity index (χ3n) is 0.211. The standard InChI is InChI=1S/C3H7NO.C2H6O2S/c1-4(2)3-5;1-5(2,3)4/h3H,1-2H3;1-2H3. The van der Waals surface area contributed by atoms with Crippen LogP contribution in [0.2, 0.25) is 0 Å². The van der Waals surface area contributed by atoms with Crippen LogP contribution >= 0.6 is 0 Å². The highest BCUT2D eigenvalue weighted by molar-refractivity contribution is 7.89. The van der Waals surface area contributed by atoms with Crippen LogP contribution in [0.25, 0.3) is 0 Å². The van der Waals surface area contributed by atoms with E-state index in [1.54, 1.807) is 14.1 Å². The van der Waals surface area contributed by atoms with Gasteiger partial charge in [-0.1, -0.05) is 0 Å².